The van der Waals surface area contributed by atoms with Crippen LogP contribution in [0.1, 0.15) is 34.2 Å². The molecule has 3 saturated heterocycles. The van der Waals surface area contributed by atoms with Gasteiger partial charge in [0.15, 0.2) is 0 Å². The maximum atomic E-state index is 13.5. The number of nitrogens with two attached hydrogens (primary N) is 2. The lowest BCUT2D eigenvalue weighted by Gasteiger charge is -2.39. The largest absolute Gasteiger partial charge is 0.447 e. The highest BCUT2D eigenvalue weighted by atomic mass is 16.6. The van der Waals surface area contributed by atoms with Crippen molar-refractivity contribution in [1.29, 1.82) is 0 Å². The molecule has 0 saturated carbocycles. The summed E-state index contributed by atoms with van der Waals surface area (Å²) in [5.74, 6) is 0. The van der Waals surface area contributed by atoms with Gasteiger partial charge in [-0.3, -0.25) is 0 Å². The van der Waals surface area contributed by atoms with Gasteiger partial charge in [-0.2, -0.15) is 0 Å². The molecule has 3 heterocycles. The zero-order valence-electron chi connectivity index (χ0n) is 32.3. The first-order valence-electron chi connectivity index (χ1n) is 19.6. The van der Waals surface area contributed by atoms with Crippen molar-refractivity contribution in [3.63, 3.8) is 0 Å². The van der Waals surface area contributed by atoms with Gasteiger partial charge in [0.05, 0.1) is 13.2 Å². The summed E-state index contributed by atoms with van der Waals surface area (Å²) in [4.78, 5) is 58.8. The summed E-state index contributed by atoms with van der Waals surface area (Å²) in [5, 5.41) is 5.88. The third-order valence-corrected chi connectivity index (χ3v) is 10.4. The van der Waals surface area contributed by atoms with Crippen molar-refractivity contribution in [2.75, 3.05) is 65.6 Å². The first-order chi connectivity index (χ1) is 27.8. The van der Waals surface area contributed by atoms with Crippen LogP contribution in [-0.4, -0.2) is 128 Å². The molecule has 16 nitrogen and oxygen atoms in total. The lowest BCUT2D eigenvalue weighted by Crippen LogP contribution is -2.56. The quantitative estimate of drug-likeness (QED) is 0.212. The summed E-state index contributed by atoms with van der Waals surface area (Å²) < 4.78 is 24.2. The zero-order chi connectivity index (χ0) is 40.0. The van der Waals surface area contributed by atoms with E-state index in [1.807, 2.05) is 78.9 Å². The second-order valence-electron chi connectivity index (χ2n) is 14.3. The molecule has 3 aromatic carbocycles. The Morgan fingerprint density at radius 2 is 1.09 bits per heavy atom. The molecule has 3 aromatic rings. The topological polar surface area (TPSA) is 194 Å². The first kappa shape index (κ1) is 41.2. The number of ether oxygens (including phenoxy) is 4. The normalized spacial score (nSPS) is 19.8. The fraction of sp³-hybridized carbons (Fsp3) is 0.463. The number of hydrogen-bond donors (Lipinski definition) is 4. The van der Waals surface area contributed by atoms with Crippen LogP contribution < -0.4 is 22.1 Å². The molecule has 0 bridgehead atoms. The minimum Gasteiger partial charge on any atom is -0.447 e. The molecule has 0 spiro atoms. The first-order valence-corrected chi connectivity index (χ1v) is 19.6. The number of nitrogens with one attached hydrogen (secondary N) is 2. The van der Waals surface area contributed by atoms with Crippen molar-refractivity contribution < 1.29 is 38.1 Å². The van der Waals surface area contributed by atoms with E-state index in [1.54, 1.807) is 19.6 Å². The van der Waals surface area contributed by atoms with E-state index < -0.39 is 30.5 Å². The van der Waals surface area contributed by atoms with E-state index in [-0.39, 0.29) is 31.9 Å². The third kappa shape index (κ3) is 11.8. The number of urea groups is 2. The molecule has 0 aliphatic carbocycles. The van der Waals surface area contributed by atoms with Crippen LogP contribution in [0.4, 0.5) is 19.2 Å². The smallest absolute Gasteiger partial charge is 0.410 e. The number of benzene rings is 3. The summed E-state index contributed by atoms with van der Waals surface area (Å²) in [7, 11) is 0. The summed E-state index contributed by atoms with van der Waals surface area (Å²) in [6, 6.07) is 24.7. The fourth-order valence-corrected chi connectivity index (χ4v) is 6.88. The molecular formula is C41H54N8O8. The van der Waals surface area contributed by atoms with Crippen molar-refractivity contribution in [2.24, 2.45) is 11.5 Å². The SMILES string of the molecule is NCc1ccc(CNC(=O)N2CCN(C(=O)OC[C@H]3OCC[C@@H](OC(=O)N4CCN(C(=O)NCc5ccc(CN)cc5)CC4)[C@@H]3OCc3ccccc3)CC2)cc1. The molecule has 3 aliphatic heterocycles. The van der Waals surface area contributed by atoms with E-state index >= 15 is 0 Å². The zero-order valence-corrected chi connectivity index (χ0v) is 32.3. The Morgan fingerprint density at radius 3 is 1.60 bits per heavy atom. The van der Waals surface area contributed by atoms with E-state index in [4.69, 9.17) is 30.4 Å². The molecule has 3 atom stereocenters. The highest BCUT2D eigenvalue weighted by Gasteiger charge is 2.40. The number of hydrogen-bond acceptors (Lipinski definition) is 10. The third-order valence-electron chi connectivity index (χ3n) is 10.4. The Kier molecular flexibility index (Phi) is 14.9. The van der Waals surface area contributed by atoms with Gasteiger partial charge >= 0.3 is 24.2 Å². The Bertz CT molecular complexity index is 1750. The minimum atomic E-state index is -0.714. The van der Waals surface area contributed by atoms with Gasteiger partial charge < -0.3 is 60.6 Å². The van der Waals surface area contributed by atoms with Crippen molar-refractivity contribution in [2.45, 2.75) is 57.5 Å². The van der Waals surface area contributed by atoms with Crippen LogP contribution in [0.2, 0.25) is 0 Å². The second-order valence-corrected chi connectivity index (χ2v) is 14.3. The van der Waals surface area contributed by atoms with Crippen LogP contribution in [0.15, 0.2) is 78.9 Å². The van der Waals surface area contributed by atoms with E-state index in [2.05, 4.69) is 10.6 Å². The van der Waals surface area contributed by atoms with Crippen LogP contribution in [0, 0.1) is 0 Å². The van der Waals surface area contributed by atoms with E-state index in [1.165, 1.54) is 0 Å². The van der Waals surface area contributed by atoms with E-state index in [0.717, 1.165) is 27.8 Å². The average Bonchev–Trinajstić information content (AvgIpc) is 3.27. The molecule has 6 rings (SSSR count). The van der Waals surface area contributed by atoms with Crippen LogP contribution in [0.3, 0.4) is 0 Å². The van der Waals surface area contributed by atoms with Crippen molar-refractivity contribution >= 4 is 24.2 Å². The van der Waals surface area contributed by atoms with Crippen molar-refractivity contribution in [3.8, 4) is 0 Å². The number of rotatable bonds is 12. The second kappa shape index (κ2) is 20.7. The van der Waals surface area contributed by atoms with Crippen LogP contribution in [0.5, 0.6) is 0 Å². The van der Waals surface area contributed by atoms with E-state index in [0.29, 0.717) is 85.0 Å². The maximum absolute atomic E-state index is 13.5. The molecule has 6 N–H and O–H groups in total. The highest BCUT2D eigenvalue weighted by Crippen LogP contribution is 2.24. The highest BCUT2D eigenvalue weighted by molar-refractivity contribution is 5.75. The van der Waals surface area contributed by atoms with Gasteiger partial charge in [-0.05, 0) is 27.8 Å². The van der Waals surface area contributed by atoms with Gasteiger partial charge in [-0.25, -0.2) is 19.2 Å². The van der Waals surface area contributed by atoms with Gasteiger partial charge in [0.2, 0.25) is 0 Å². The molecule has 57 heavy (non-hydrogen) atoms. The Hall–Kier alpha value is -5.42. The average molecular weight is 787 g/mol. The minimum absolute atomic E-state index is 0.110. The number of piperazine rings is 2. The molecule has 0 radical (unpaired) electrons. The lowest BCUT2D eigenvalue weighted by atomic mass is 10.0. The number of carbonyl (C=O) groups is 4. The van der Waals surface area contributed by atoms with Crippen LogP contribution >= 0.6 is 0 Å². The predicted molar refractivity (Wildman–Crippen MR) is 210 cm³/mol. The van der Waals surface area contributed by atoms with Gasteiger partial charge in [0.25, 0.3) is 0 Å². The monoisotopic (exact) mass is 786 g/mol. The number of nitrogens with zero attached hydrogens (tertiary/aromatic N) is 4. The molecule has 0 unspecified atom stereocenters. The number of amides is 6. The molecule has 306 valence electrons. The molecule has 3 fully saturated rings. The lowest BCUT2D eigenvalue weighted by molar-refractivity contribution is -0.178. The molecule has 3 aliphatic rings. The van der Waals surface area contributed by atoms with Crippen molar-refractivity contribution in [1.82, 2.24) is 30.2 Å². The van der Waals surface area contributed by atoms with Crippen molar-refractivity contribution in [3.05, 3.63) is 107 Å². The fourth-order valence-electron chi connectivity index (χ4n) is 6.88. The maximum Gasteiger partial charge on any atom is 0.410 e. The molecule has 6 amide bonds. The summed E-state index contributed by atoms with van der Waals surface area (Å²) in [5.41, 5.74) is 16.3. The Morgan fingerprint density at radius 1 is 0.614 bits per heavy atom. The van der Waals surface area contributed by atoms with Crippen LogP contribution in [0.25, 0.3) is 0 Å². The standard InChI is InChI=1S/C41H54N8O8/c42-24-30-6-10-32(11-7-30)26-44-38(50)46-15-19-48(20-16-46)40(52)56-29-36-37(55-28-34-4-2-1-3-5-34)35(14-23-54-36)57-41(53)49-21-17-47(18-22-49)39(51)45-27-33-12-8-31(25-43)9-13-33/h1-13,35-37H,14-29,42-43H2,(H,44,50)(H,45,51)/t35-,36-,37+/m1/s1. The summed E-state index contributed by atoms with van der Waals surface area (Å²) in [6.45, 7) is 4.79. The van der Waals surface area contributed by atoms with Gasteiger partial charge in [-0.1, -0.05) is 78.9 Å². The molecule has 0 aromatic heterocycles. The van der Waals surface area contributed by atoms with Crippen LogP contribution in [-0.2, 0) is 51.7 Å². The summed E-state index contributed by atoms with van der Waals surface area (Å²) >= 11 is 0. The Labute approximate surface area is 333 Å². The van der Waals surface area contributed by atoms with Gasteiger partial charge in [0, 0.05) is 85.0 Å². The van der Waals surface area contributed by atoms with E-state index in [9.17, 15) is 19.2 Å². The summed E-state index contributed by atoms with van der Waals surface area (Å²) in [6.07, 6.45) is -2.70. The Balaban J connectivity index is 0.966. The van der Waals surface area contributed by atoms with Gasteiger partial charge in [0.1, 0.15) is 24.9 Å². The molecule has 16 heteroatoms. The number of carbonyl (C=O) groups excluding carboxylic acids is 4. The molecular weight excluding hydrogens is 732 g/mol. The predicted octanol–water partition coefficient (Wildman–Crippen LogP) is 2.97. The van der Waals surface area contributed by atoms with Gasteiger partial charge in [-0.15, -0.1) is 0 Å².